The SMILES string of the molecule is CC(C)(c1ccccc1OB(Oc1ccccc1)Oc1ccccc1)P(C#N)(C#N)(C#N)c1ccccc1. The van der Waals surface area contributed by atoms with E-state index < -0.39 is 19.1 Å². The molecule has 4 aromatic carbocycles. The van der Waals surface area contributed by atoms with E-state index in [4.69, 9.17) is 14.0 Å². The Morgan fingerprint density at radius 3 is 1.47 bits per heavy atom. The van der Waals surface area contributed by atoms with Crippen LogP contribution in [0.2, 0.25) is 0 Å². The van der Waals surface area contributed by atoms with Crippen molar-refractivity contribution in [2.75, 3.05) is 0 Å². The van der Waals surface area contributed by atoms with Crippen molar-refractivity contribution in [3.05, 3.63) is 121 Å². The topological polar surface area (TPSA) is 99.1 Å². The van der Waals surface area contributed by atoms with E-state index in [0.717, 1.165) is 0 Å². The minimum absolute atomic E-state index is 0.333. The van der Waals surface area contributed by atoms with Crippen molar-refractivity contribution in [2.24, 2.45) is 0 Å². The summed E-state index contributed by atoms with van der Waals surface area (Å²) in [6, 6.07) is 33.9. The predicted octanol–water partition coefficient (Wildman–Crippen LogP) is 6.77. The zero-order chi connectivity index (χ0) is 27.1. The zero-order valence-electron chi connectivity index (χ0n) is 21.1. The molecule has 0 spiro atoms. The Labute approximate surface area is 223 Å². The molecule has 38 heavy (non-hydrogen) atoms. The maximum atomic E-state index is 10.6. The average molecular weight is 517 g/mol. The van der Waals surface area contributed by atoms with Gasteiger partial charge in [0.1, 0.15) is 0 Å². The molecular weight excluding hydrogens is 492 g/mol. The molecule has 0 fully saturated rings. The summed E-state index contributed by atoms with van der Waals surface area (Å²) in [5.41, 5.74) is 0.518. The molecule has 0 amide bonds. The third kappa shape index (κ3) is 4.44. The van der Waals surface area contributed by atoms with Crippen LogP contribution in [0.5, 0.6) is 17.2 Å². The van der Waals surface area contributed by atoms with Crippen molar-refractivity contribution in [3.8, 4) is 34.7 Å². The Kier molecular flexibility index (Phi) is 7.41. The van der Waals surface area contributed by atoms with E-state index in [2.05, 4.69) is 17.4 Å². The first kappa shape index (κ1) is 26.3. The van der Waals surface area contributed by atoms with Crippen LogP contribution in [-0.4, -0.2) is 7.32 Å². The van der Waals surface area contributed by atoms with Gasteiger partial charge in [-0.3, -0.25) is 0 Å². The molecule has 6 nitrogen and oxygen atoms in total. The molecule has 0 bridgehead atoms. The van der Waals surface area contributed by atoms with Crippen LogP contribution in [0, 0.1) is 33.2 Å². The maximum absolute atomic E-state index is 10.6. The first-order valence-electron chi connectivity index (χ1n) is 11.9. The van der Waals surface area contributed by atoms with Gasteiger partial charge in [-0.05, 0) is 0 Å². The standard InChI is InChI=1S/C30H25BN3O3P/c1-30(2,38(22-32,23-33,24-34)27-18-10-5-11-19-27)28-20-12-13-21-29(28)37-31(35-25-14-6-3-7-15-25)36-26-16-8-4-9-17-26/h3-21H,1-2H3. The number of nitriles is 3. The molecule has 0 unspecified atom stereocenters. The molecule has 0 aliphatic heterocycles. The summed E-state index contributed by atoms with van der Waals surface area (Å²) in [4.78, 5) is 0. The second kappa shape index (κ2) is 10.7. The summed E-state index contributed by atoms with van der Waals surface area (Å²) in [7, 11) is -1.20. The molecule has 0 saturated carbocycles. The van der Waals surface area contributed by atoms with Gasteiger partial charge in [-0.15, -0.1) is 0 Å². The average Bonchev–Trinajstić information content (AvgIpc) is 2.96. The molecule has 0 N–H and O–H groups in total. The van der Waals surface area contributed by atoms with Crippen LogP contribution < -0.4 is 19.3 Å². The van der Waals surface area contributed by atoms with Crippen LogP contribution in [0.15, 0.2) is 115 Å². The molecule has 0 aliphatic rings. The first-order chi connectivity index (χ1) is 18.4. The Balaban J connectivity index is 1.82. The van der Waals surface area contributed by atoms with Crippen LogP contribution in [0.1, 0.15) is 19.4 Å². The van der Waals surface area contributed by atoms with Crippen LogP contribution in [0.3, 0.4) is 0 Å². The van der Waals surface area contributed by atoms with E-state index in [1.165, 1.54) is 0 Å². The van der Waals surface area contributed by atoms with Gasteiger partial charge in [0.25, 0.3) is 0 Å². The normalized spacial score (nSPS) is 11.9. The van der Waals surface area contributed by atoms with Gasteiger partial charge in [0.15, 0.2) is 0 Å². The van der Waals surface area contributed by atoms with Crippen molar-refractivity contribution in [2.45, 2.75) is 19.0 Å². The minimum atomic E-state index is -4.60. The Morgan fingerprint density at radius 1 is 0.579 bits per heavy atom. The van der Waals surface area contributed by atoms with Gasteiger partial charge in [0.05, 0.1) is 0 Å². The molecule has 8 heteroatoms. The van der Waals surface area contributed by atoms with Crippen molar-refractivity contribution in [1.29, 1.82) is 15.8 Å². The van der Waals surface area contributed by atoms with Crippen LogP contribution in [0.4, 0.5) is 0 Å². The fourth-order valence-corrected chi connectivity index (χ4v) is 7.69. The number of para-hydroxylation sites is 3. The van der Waals surface area contributed by atoms with E-state index in [1.54, 1.807) is 92.7 Å². The van der Waals surface area contributed by atoms with E-state index in [9.17, 15) is 15.8 Å². The van der Waals surface area contributed by atoms with Gasteiger partial charge in [0.2, 0.25) is 0 Å². The monoisotopic (exact) mass is 517 g/mol. The number of nitrogens with zero attached hydrogens (tertiary/aromatic N) is 3. The predicted molar refractivity (Wildman–Crippen MR) is 150 cm³/mol. The third-order valence-corrected chi connectivity index (χ3v) is 11.7. The molecular formula is C30H25BN3O3P. The van der Waals surface area contributed by atoms with Gasteiger partial charge >= 0.3 is 223 Å². The third-order valence-electron chi connectivity index (χ3n) is 6.71. The van der Waals surface area contributed by atoms with Gasteiger partial charge in [0, 0.05) is 0 Å². The number of benzene rings is 4. The summed E-state index contributed by atoms with van der Waals surface area (Å²) in [6.45, 7) is -1.10. The van der Waals surface area contributed by atoms with Gasteiger partial charge < -0.3 is 0 Å². The second-order valence-corrected chi connectivity index (χ2v) is 13.5. The molecule has 0 heterocycles. The number of rotatable bonds is 9. The fourth-order valence-electron chi connectivity index (χ4n) is 4.38. The van der Waals surface area contributed by atoms with Crippen LogP contribution in [0.25, 0.3) is 0 Å². The van der Waals surface area contributed by atoms with Crippen LogP contribution in [-0.2, 0) is 5.16 Å². The van der Waals surface area contributed by atoms with E-state index in [1.807, 2.05) is 36.4 Å². The Hall–Kier alpha value is -4.76. The van der Waals surface area contributed by atoms with E-state index in [0.29, 0.717) is 28.1 Å². The summed E-state index contributed by atoms with van der Waals surface area (Å²) in [6.07, 6.45) is 0. The summed E-state index contributed by atoms with van der Waals surface area (Å²) in [5, 5.41) is 31.0. The Morgan fingerprint density at radius 2 is 1.00 bits per heavy atom. The number of hydrogen-bond donors (Lipinski definition) is 0. The second-order valence-electron chi connectivity index (χ2n) is 9.08. The molecule has 0 aromatic heterocycles. The molecule has 0 radical (unpaired) electrons. The zero-order valence-corrected chi connectivity index (χ0v) is 22.0. The quantitative estimate of drug-likeness (QED) is 0.180. The Bertz CT molecular complexity index is 1450. The van der Waals surface area contributed by atoms with Gasteiger partial charge in [-0.1, -0.05) is 0 Å². The molecule has 4 aromatic rings. The van der Waals surface area contributed by atoms with Crippen molar-refractivity contribution >= 4 is 19.2 Å². The van der Waals surface area contributed by atoms with Crippen molar-refractivity contribution in [1.82, 2.24) is 0 Å². The van der Waals surface area contributed by atoms with E-state index >= 15 is 0 Å². The summed E-state index contributed by atoms with van der Waals surface area (Å²) < 4.78 is 18.4. The summed E-state index contributed by atoms with van der Waals surface area (Å²) in [5.74, 6) is 8.09. The van der Waals surface area contributed by atoms with Gasteiger partial charge in [-0.25, -0.2) is 0 Å². The molecule has 0 atom stereocenters. The van der Waals surface area contributed by atoms with E-state index in [-0.39, 0.29) is 0 Å². The molecule has 0 saturated heterocycles. The molecule has 0 aliphatic carbocycles. The van der Waals surface area contributed by atoms with Crippen molar-refractivity contribution < 1.29 is 14.0 Å². The van der Waals surface area contributed by atoms with Crippen molar-refractivity contribution in [3.63, 3.8) is 0 Å². The van der Waals surface area contributed by atoms with Crippen LogP contribution >= 0.6 is 6.60 Å². The van der Waals surface area contributed by atoms with Gasteiger partial charge in [-0.2, -0.15) is 0 Å². The fraction of sp³-hybridized carbons (Fsp3) is 0.100. The molecule has 186 valence electrons. The first-order valence-corrected chi connectivity index (χ1v) is 14.2. The number of hydrogen-bond acceptors (Lipinski definition) is 6. The molecule has 4 rings (SSSR count). The summed E-state index contributed by atoms with van der Waals surface area (Å²) >= 11 is 0.